The summed E-state index contributed by atoms with van der Waals surface area (Å²) in [6.45, 7) is 8.94. The number of carbonyl (C=O) groups excluding carboxylic acids is 1. The van der Waals surface area contributed by atoms with Crippen LogP contribution in [0.25, 0.3) is 0 Å². The number of ether oxygens (including phenoxy) is 1. The van der Waals surface area contributed by atoms with E-state index in [0.29, 0.717) is 13.2 Å². The van der Waals surface area contributed by atoms with E-state index in [1.54, 1.807) is 6.92 Å². The molecule has 0 aliphatic heterocycles. The molecule has 0 saturated heterocycles. The van der Waals surface area contributed by atoms with E-state index < -0.39 is 5.54 Å². The lowest BCUT2D eigenvalue weighted by molar-refractivity contribution is -0.151. The van der Waals surface area contributed by atoms with Crippen LogP contribution in [0.5, 0.6) is 0 Å². The molecule has 4 heteroatoms. The minimum absolute atomic E-state index is 0.0358. The number of nitrogens with zero attached hydrogens (tertiary/aromatic N) is 1. The summed E-state index contributed by atoms with van der Waals surface area (Å²) in [5, 5.41) is 0. The maximum atomic E-state index is 12.4. The van der Waals surface area contributed by atoms with Crippen molar-refractivity contribution in [1.82, 2.24) is 4.90 Å². The molecule has 0 amide bonds. The van der Waals surface area contributed by atoms with E-state index in [1.807, 2.05) is 37.4 Å². The second-order valence-corrected chi connectivity index (χ2v) is 6.08. The maximum Gasteiger partial charge on any atom is 0.332 e. The fraction of sp³-hybridized carbons (Fsp3) is 0.588. The van der Waals surface area contributed by atoms with Crippen molar-refractivity contribution >= 4 is 5.97 Å². The molecule has 2 N–H and O–H groups in total. The Morgan fingerprint density at radius 1 is 1.24 bits per heavy atom. The first kappa shape index (κ1) is 17.7. The largest absolute Gasteiger partial charge is 0.464 e. The first-order valence-corrected chi connectivity index (χ1v) is 7.50. The van der Waals surface area contributed by atoms with Crippen molar-refractivity contribution < 1.29 is 9.53 Å². The van der Waals surface area contributed by atoms with E-state index in [9.17, 15) is 4.79 Å². The third kappa shape index (κ3) is 4.05. The fourth-order valence-electron chi connectivity index (χ4n) is 2.13. The summed E-state index contributed by atoms with van der Waals surface area (Å²) in [5.41, 5.74) is 6.07. The first-order valence-electron chi connectivity index (χ1n) is 7.50. The van der Waals surface area contributed by atoms with Crippen LogP contribution in [0, 0.1) is 0 Å². The van der Waals surface area contributed by atoms with E-state index in [-0.39, 0.29) is 11.5 Å². The van der Waals surface area contributed by atoms with Gasteiger partial charge in [-0.05, 0) is 39.8 Å². The fourth-order valence-corrected chi connectivity index (χ4v) is 2.13. The molecule has 0 radical (unpaired) electrons. The monoisotopic (exact) mass is 292 g/mol. The topological polar surface area (TPSA) is 55.6 Å². The molecule has 0 aliphatic carbocycles. The summed E-state index contributed by atoms with van der Waals surface area (Å²) >= 11 is 0. The van der Waals surface area contributed by atoms with Crippen LogP contribution in [0.2, 0.25) is 0 Å². The van der Waals surface area contributed by atoms with Gasteiger partial charge in [-0.15, -0.1) is 0 Å². The quantitative estimate of drug-likeness (QED) is 0.785. The van der Waals surface area contributed by atoms with Crippen LogP contribution in [0.15, 0.2) is 30.3 Å². The van der Waals surface area contributed by atoms with E-state index in [2.05, 4.69) is 25.7 Å². The lowest BCUT2D eigenvalue weighted by Crippen LogP contribution is -2.57. The Hall–Kier alpha value is -1.39. The molecule has 0 fully saturated rings. The predicted octanol–water partition coefficient (Wildman–Crippen LogP) is 2.52. The van der Waals surface area contributed by atoms with Crippen molar-refractivity contribution in [2.45, 2.75) is 45.2 Å². The van der Waals surface area contributed by atoms with Gasteiger partial charge in [-0.3, -0.25) is 4.90 Å². The Bertz CT molecular complexity index is 459. The Morgan fingerprint density at radius 3 is 2.29 bits per heavy atom. The van der Waals surface area contributed by atoms with E-state index in [4.69, 9.17) is 10.5 Å². The van der Waals surface area contributed by atoms with Crippen LogP contribution in [-0.2, 0) is 15.1 Å². The van der Waals surface area contributed by atoms with Gasteiger partial charge in [0.25, 0.3) is 0 Å². The Balaban J connectivity index is 3.12. The van der Waals surface area contributed by atoms with Crippen LogP contribution in [0.4, 0.5) is 0 Å². The SMILES string of the molecule is CCOC(=O)C(N)(CN(C)C(C)(C)CC)c1ccccc1. The molecule has 0 saturated carbocycles. The summed E-state index contributed by atoms with van der Waals surface area (Å²) in [7, 11) is 1.99. The van der Waals surface area contributed by atoms with Crippen LogP contribution in [0.3, 0.4) is 0 Å². The minimum atomic E-state index is -1.15. The Morgan fingerprint density at radius 2 is 1.81 bits per heavy atom. The van der Waals surface area contributed by atoms with Gasteiger partial charge in [0.05, 0.1) is 6.61 Å². The van der Waals surface area contributed by atoms with Gasteiger partial charge in [0.15, 0.2) is 5.54 Å². The smallest absolute Gasteiger partial charge is 0.332 e. The molecule has 0 aromatic heterocycles. The van der Waals surface area contributed by atoms with Crippen molar-refractivity contribution in [1.29, 1.82) is 0 Å². The molecule has 4 nitrogen and oxygen atoms in total. The number of rotatable bonds is 7. The molecule has 21 heavy (non-hydrogen) atoms. The number of carbonyl (C=O) groups is 1. The van der Waals surface area contributed by atoms with Gasteiger partial charge in [-0.2, -0.15) is 0 Å². The third-order valence-electron chi connectivity index (χ3n) is 4.31. The summed E-state index contributed by atoms with van der Waals surface area (Å²) in [5.74, 6) is -0.380. The second kappa shape index (κ2) is 7.05. The molecule has 1 atom stereocenters. The maximum absolute atomic E-state index is 12.4. The first-order chi connectivity index (χ1) is 9.78. The summed E-state index contributed by atoms with van der Waals surface area (Å²) < 4.78 is 5.22. The molecule has 1 rings (SSSR count). The van der Waals surface area contributed by atoms with Gasteiger partial charge in [-0.1, -0.05) is 37.3 Å². The van der Waals surface area contributed by atoms with Crippen LogP contribution >= 0.6 is 0 Å². The minimum Gasteiger partial charge on any atom is -0.464 e. The zero-order valence-corrected chi connectivity index (χ0v) is 13.8. The van der Waals surface area contributed by atoms with Gasteiger partial charge in [-0.25, -0.2) is 4.79 Å². The zero-order valence-electron chi connectivity index (χ0n) is 13.8. The molecule has 0 aliphatic rings. The number of hydrogen-bond donors (Lipinski definition) is 1. The van der Waals surface area contributed by atoms with E-state index >= 15 is 0 Å². The molecular weight excluding hydrogens is 264 g/mol. The number of nitrogens with two attached hydrogens (primary N) is 1. The number of esters is 1. The highest BCUT2D eigenvalue weighted by molar-refractivity contribution is 5.82. The van der Waals surface area contributed by atoms with Gasteiger partial charge < -0.3 is 10.5 Å². The predicted molar refractivity (Wildman–Crippen MR) is 85.9 cm³/mol. The summed E-state index contributed by atoms with van der Waals surface area (Å²) in [6.07, 6.45) is 0.969. The van der Waals surface area contributed by atoms with E-state index in [0.717, 1.165) is 12.0 Å². The lowest BCUT2D eigenvalue weighted by atomic mass is 9.88. The molecule has 118 valence electrons. The van der Waals surface area contributed by atoms with Gasteiger partial charge in [0.1, 0.15) is 0 Å². The second-order valence-electron chi connectivity index (χ2n) is 6.08. The molecule has 0 bridgehead atoms. The van der Waals surface area contributed by atoms with Gasteiger partial charge >= 0.3 is 5.97 Å². The number of benzene rings is 1. The number of hydrogen-bond acceptors (Lipinski definition) is 4. The molecular formula is C17H28N2O2. The lowest BCUT2D eigenvalue weighted by Gasteiger charge is -2.40. The molecule has 1 unspecified atom stereocenters. The Labute approximate surface area is 128 Å². The van der Waals surface area contributed by atoms with Crippen molar-refractivity contribution in [3.8, 4) is 0 Å². The average molecular weight is 292 g/mol. The average Bonchev–Trinajstić information content (AvgIpc) is 2.48. The molecule has 1 aromatic carbocycles. The van der Waals surface area contributed by atoms with Gasteiger partial charge in [0, 0.05) is 12.1 Å². The standard InChI is InChI=1S/C17H28N2O2/c1-6-16(3,4)19(5)13-17(18,15(20)21-7-2)14-11-9-8-10-12-14/h8-12H,6-7,13,18H2,1-5H3. The number of likely N-dealkylation sites (N-methyl/N-ethyl adjacent to an activating group) is 1. The van der Waals surface area contributed by atoms with Crippen LogP contribution < -0.4 is 5.73 Å². The summed E-state index contributed by atoms with van der Waals surface area (Å²) in [6, 6.07) is 9.45. The van der Waals surface area contributed by atoms with Crippen molar-refractivity contribution in [3.63, 3.8) is 0 Å². The highest BCUT2D eigenvalue weighted by atomic mass is 16.5. The highest BCUT2D eigenvalue weighted by Crippen LogP contribution is 2.25. The molecule has 0 heterocycles. The normalized spacial score (nSPS) is 14.8. The Kier molecular flexibility index (Phi) is 5.93. The van der Waals surface area contributed by atoms with Crippen molar-refractivity contribution in [3.05, 3.63) is 35.9 Å². The van der Waals surface area contributed by atoms with E-state index in [1.165, 1.54) is 0 Å². The van der Waals surface area contributed by atoms with Crippen LogP contribution in [0.1, 0.15) is 39.7 Å². The van der Waals surface area contributed by atoms with Gasteiger partial charge in [0.2, 0.25) is 0 Å². The van der Waals surface area contributed by atoms with Crippen molar-refractivity contribution in [2.75, 3.05) is 20.2 Å². The third-order valence-corrected chi connectivity index (χ3v) is 4.31. The summed E-state index contributed by atoms with van der Waals surface area (Å²) in [4.78, 5) is 14.6. The highest BCUT2D eigenvalue weighted by Gasteiger charge is 2.40. The van der Waals surface area contributed by atoms with Crippen LogP contribution in [-0.4, -0.2) is 36.6 Å². The molecule has 0 spiro atoms. The zero-order chi connectivity index (χ0) is 16.1. The van der Waals surface area contributed by atoms with Crippen molar-refractivity contribution in [2.24, 2.45) is 5.73 Å². The molecule has 1 aromatic rings.